The van der Waals surface area contributed by atoms with Crippen molar-refractivity contribution in [1.29, 1.82) is 0 Å². The highest BCUT2D eigenvalue weighted by molar-refractivity contribution is 7.90. The van der Waals surface area contributed by atoms with Crippen LogP contribution in [0, 0.1) is 6.92 Å². The van der Waals surface area contributed by atoms with E-state index in [-0.39, 0.29) is 28.6 Å². The monoisotopic (exact) mass is 530 g/mol. The first kappa shape index (κ1) is 25.2. The Hall–Kier alpha value is -4.44. The Bertz CT molecular complexity index is 1670. The number of carbonyl (C=O) groups is 1. The number of sulfone groups is 1. The molecule has 0 unspecified atom stereocenters. The van der Waals surface area contributed by atoms with Crippen LogP contribution >= 0.6 is 0 Å². The minimum Gasteiger partial charge on any atom is -0.506 e. The fourth-order valence-electron chi connectivity index (χ4n) is 4.10. The van der Waals surface area contributed by atoms with Crippen LogP contribution in [0.1, 0.15) is 34.3 Å². The highest BCUT2D eigenvalue weighted by Crippen LogP contribution is 2.30. The number of hydrogen-bond donors (Lipinski definition) is 3. The Balaban J connectivity index is 1.16. The summed E-state index contributed by atoms with van der Waals surface area (Å²) in [6.07, 6.45) is 3.88. The topological polar surface area (TPSA) is 138 Å². The molecular weight excluding hydrogens is 504 g/mol. The van der Waals surface area contributed by atoms with Crippen molar-refractivity contribution in [3.05, 3.63) is 89.8 Å². The number of aromatic nitrogens is 3. The second-order valence-electron chi connectivity index (χ2n) is 9.00. The van der Waals surface area contributed by atoms with Crippen LogP contribution < -0.4 is 5.32 Å². The summed E-state index contributed by atoms with van der Waals surface area (Å²) in [7, 11) is -3.46. The predicted molar refractivity (Wildman–Crippen MR) is 144 cm³/mol. The van der Waals surface area contributed by atoms with Gasteiger partial charge in [-0.25, -0.2) is 18.4 Å². The molecule has 2 aromatic carbocycles. The lowest BCUT2D eigenvalue weighted by Gasteiger charge is -2.08. The summed E-state index contributed by atoms with van der Waals surface area (Å²) in [5.41, 5.74) is 2.79. The van der Waals surface area contributed by atoms with Gasteiger partial charge in [-0.3, -0.25) is 4.79 Å². The number of aromatic amines is 1. The van der Waals surface area contributed by atoms with Gasteiger partial charge in [-0.1, -0.05) is 23.8 Å². The lowest BCUT2D eigenvalue weighted by Crippen LogP contribution is -2.08. The summed E-state index contributed by atoms with van der Waals surface area (Å²) in [5, 5.41) is 13.4. The molecule has 194 valence electrons. The Morgan fingerprint density at radius 1 is 1.08 bits per heavy atom. The van der Waals surface area contributed by atoms with Crippen LogP contribution in [0.3, 0.4) is 0 Å². The molecule has 0 spiro atoms. The first-order valence-electron chi connectivity index (χ1n) is 12.1. The van der Waals surface area contributed by atoms with Crippen LogP contribution in [0.5, 0.6) is 5.75 Å². The number of nitrogens with zero attached hydrogens (tertiary/aromatic N) is 2. The second kappa shape index (κ2) is 10.5. The maximum absolute atomic E-state index is 12.9. The third-order valence-electron chi connectivity index (χ3n) is 6.13. The van der Waals surface area contributed by atoms with E-state index in [2.05, 4.69) is 20.3 Å². The zero-order valence-corrected chi connectivity index (χ0v) is 21.5. The maximum Gasteiger partial charge on any atom is 0.182 e. The number of benzene rings is 2. The molecule has 0 saturated heterocycles. The third-order valence-corrected chi connectivity index (χ3v) is 7.83. The molecule has 0 amide bonds. The van der Waals surface area contributed by atoms with Crippen LogP contribution in [0.25, 0.3) is 22.6 Å². The molecule has 3 aromatic heterocycles. The summed E-state index contributed by atoms with van der Waals surface area (Å²) in [6.45, 7) is 2.41. The van der Waals surface area contributed by atoms with Crippen LogP contribution in [-0.2, 0) is 15.6 Å². The summed E-state index contributed by atoms with van der Waals surface area (Å²) >= 11 is 0. The number of nitrogens with one attached hydrogen (secondary N) is 2. The second-order valence-corrected chi connectivity index (χ2v) is 11.0. The molecule has 38 heavy (non-hydrogen) atoms. The Kier molecular flexibility index (Phi) is 6.97. The number of aryl methyl sites for hydroxylation is 1. The number of phenolic OH excluding ortho intramolecular Hbond substituents is 1. The molecule has 0 aliphatic carbocycles. The Morgan fingerprint density at radius 3 is 2.61 bits per heavy atom. The normalized spacial score (nSPS) is 11.6. The first-order chi connectivity index (χ1) is 18.3. The number of imidazole rings is 1. The lowest BCUT2D eigenvalue weighted by molar-refractivity contribution is 0.0982. The fourth-order valence-corrected chi connectivity index (χ4v) is 5.42. The molecule has 0 radical (unpaired) electrons. The molecule has 0 bridgehead atoms. The van der Waals surface area contributed by atoms with Crippen molar-refractivity contribution in [2.45, 2.75) is 30.4 Å². The molecule has 9 nitrogen and oxygen atoms in total. The molecule has 0 aliphatic rings. The minimum absolute atomic E-state index is 0.00436. The van der Waals surface area contributed by atoms with Gasteiger partial charge < -0.3 is 19.8 Å². The van der Waals surface area contributed by atoms with E-state index >= 15 is 0 Å². The SMILES string of the molecule is Cc1ccc(S(=O)(=O)Cc2ccc(NCCCC(=O)c3ccc(O)c4[nH]c(-c5ccco5)nc34)nc2)cc1. The van der Waals surface area contributed by atoms with Crippen molar-refractivity contribution in [1.82, 2.24) is 15.0 Å². The van der Waals surface area contributed by atoms with E-state index in [0.717, 1.165) is 5.56 Å². The van der Waals surface area contributed by atoms with Crippen molar-refractivity contribution in [2.75, 3.05) is 11.9 Å². The quantitative estimate of drug-likeness (QED) is 0.164. The van der Waals surface area contributed by atoms with Crippen molar-refractivity contribution >= 4 is 32.5 Å². The number of H-pyrrole nitrogens is 1. The van der Waals surface area contributed by atoms with E-state index in [1.54, 1.807) is 60.8 Å². The van der Waals surface area contributed by atoms with Gasteiger partial charge in [0.25, 0.3) is 0 Å². The van der Waals surface area contributed by atoms with Crippen molar-refractivity contribution < 1.29 is 22.7 Å². The third kappa shape index (κ3) is 5.45. The molecule has 0 fully saturated rings. The van der Waals surface area contributed by atoms with E-state index in [4.69, 9.17) is 4.42 Å². The van der Waals surface area contributed by atoms with Crippen LogP contribution in [-0.4, -0.2) is 40.8 Å². The number of phenols is 1. The minimum atomic E-state index is -3.46. The van der Waals surface area contributed by atoms with Crippen molar-refractivity contribution in [2.24, 2.45) is 0 Å². The summed E-state index contributed by atoms with van der Waals surface area (Å²) in [6, 6.07) is 16.8. The summed E-state index contributed by atoms with van der Waals surface area (Å²) < 4.78 is 30.7. The number of furan rings is 1. The van der Waals surface area contributed by atoms with Gasteiger partial charge in [0, 0.05) is 24.7 Å². The number of aromatic hydroxyl groups is 1. The zero-order valence-electron chi connectivity index (χ0n) is 20.6. The lowest BCUT2D eigenvalue weighted by atomic mass is 10.0. The smallest absolute Gasteiger partial charge is 0.182 e. The molecule has 5 aromatic rings. The van der Waals surface area contributed by atoms with E-state index in [1.165, 1.54) is 12.3 Å². The van der Waals surface area contributed by atoms with Gasteiger partial charge in [0.1, 0.15) is 22.6 Å². The number of rotatable bonds is 10. The number of carbonyl (C=O) groups excluding carboxylic acids is 1. The number of Topliss-reactive ketones (excluding diaryl/α,β-unsaturated/α-hetero) is 1. The Labute approximate surface area is 219 Å². The number of anilines is 1. The predicted octanol–water partition coefficient (Wildman–Crippen LogP) is 5.28. The van der Waals surface area contributed by atoms with Crippen molar-refractivity contribution in [3.8, 4) is 17.3 Å². The Morgan fingerprint density at radius 2 is 1.89 bits per heavy atom. The summed E-state index contributed by atoms with van der Waals surface area (Å²) in [4.78, 5) is 25.0. The number of fused-ring (bicyclic) bond motifs is 1. The van der Waals surface area contributed by atoms with E-state index in [0.29, 0.717) is 52.5 Å². The maximum atomic E-state index is 12.9. The molecule has 0 saturated carbocycles. The summed E-state index contributed by atoms with van der Waals surface area (Å²) in [5.74, 6) is 1.31. The van der Waals surface area contributed by atoms with Gasteiger partial charge in [-0.05, 0) is 61.4 Å². The largest absolute Gasteiger partial charge is 0.506 e. The number of pyridine rings is 1. The van der Waals surface area contributed by atoms with Gasteiger partial charge in [-0.15, -0.1) is 0 Å². The van der Waals surface area contributed by atoms with Gasteiger partial charge in [-0.2, -0.15) is 0 Å². The molecule has 5 rings (SSSR count). The average Bonchev–Trinajstić information content (AvgIpc) is 3.59. The molecule has 0 atom stereocenters. The molecule has 0 aliphatic heterocycles. The van der Waals surface area contributed by atoms with Crippen LogP contribution in [0.4, 0.5) is 5.82 Å². The van der Waals surface area contributed by atoms with E-state index < -0.39 is 9.84 Å². The van der Waals surface area contributed by atoms with Crippen LogP contribution in [0.15, 0.2) is 82.4 Å². The highest BCUT2D eigenvalue weighted by atomic mass is 32.2. The zero-order chi connectivity index (χ0) is 26.7. The molecule has 10 heteroatoms. The molecule has 3 heterocycles. The van der Waals surface area contributed by atoms with Gasteiger partial charge in [0.15, 0.2) is 27.2 Å². The van der Waals surface area contributed by atoms with Gasteiger partial charge >= 0.3 is 0 Å². The van der Waals surface area contributed by atoms with Gasteiger partial charge in [0.05, 0.1) is 16.9 Å². The van der Waals surface area contributed by atoms with E-state index in [9.17, 15) is 18.3 Å². The highest BCUT2D eigenvalue weighted by Gasteiger charge is 2.18. The van der Waals surface area contributed by atoms with Crippen molar-refractivity contribution in [3.63, 3.8) is 0 Å². The van der Waals surface area contributed by atoms with Crippen LogP contribution in [0.2, 0.25) is 0 Å². The van der Waals surface area contributed by atoms with E-state index in [1.807, 2.05) is 6.92 Å². The fraction of sp³-hybridized carbons (Fsp3) is 0.179. The first-order valence-corrected chi connectivity index (χ1v) is 13.7. The number of ketones is 1. The average molecular weight is 531 g/mol. The number of hydrogen-bond acceptors (Lipinski definition) is 8. The standard InChI is InChI=1S/C28H26N4O5S/c1-18-6-9-20(10-7-18)38(35,36)17-19-8-13-25(30-16-19)29-14-2-4-22(33)21-11-12-23(34)27-26(21)31-28(32-27)24-5-3-15-37-24/h3,5-13,15-16,34H,2,4,14,17H2,1H3,(H,29,30)(H,31,32). The molecular formula is C28H26N4O5S. The molecule has 3 N–H and O–H groups in total. The van der Waals surface area contributed by atoms with Gasteiger partial charge in [0.2, 0.25) is 0 Å².